The van der Waals surface area contributed by atoms with Crippen LogP contribution in [0.15, 0.2) is 0 Å². The average molecular weight is 427 g/mol. The summed E-state index contributed by atoms with van der Waals surface area (Å²) in [6.07, 6.45) is 10.3. The van der Waals surface area contributed by atoms with Crippen LogP contribution in [0.5, 0.6) is 0 Å². The Morgan fingerprint density at radius 1 is 0.900 bits per heavy atom. The van der Waals surface area contributed by atoms with Crippen LogP contribution in [0, 0.1) is 10.8 Å². The van der Waals surface area contributed by atoms with Crippen molar-refractivity contribution >= 4 is 11.9 Å². The lowest BCUT2D eigenvalue weighted by Gasteiger charge is -2.28. The van der Waals surface area contributed by atoms with Gasteiger partial charge in [0.05, 0.1) is 0 Å². The number of urea groups is 1. The Labute approximate surface area is 184 Å². The van der Waals surface area contributed by atoms with Crippen molar-refractivity contribution in [3.05, 3.63) is 0 Å². The van der Waals surface area contributed by atoms with E-state index >= 15 is 0 Å². The molecule has 0 aromatic carbocycles. The minimum absolute atomic E-state index is 0.0861. The number of hydrogen-bond donors (Lipinski definition) is 2. The Balaban J connectivity index is 2.09. The van der Waals surface area contributed by atoms with Gasteiger partial charge in [0.1, 0.15) is 6.04 Å². The molecule has 6 nitrogen and oxygen atoms in total. The van der Waals surface area contributed by atoms with Gasteiger partial charge in [-0.05, 0) is 55.8 Å². The number of rotatable bonds is 17. The molecule has 1 saturated heterocycles. The molecule has 0 aliphatic carbocycles. The summed E-state index contributed by atoms with van der Waals surface area (Å²) in [5.41, 5.74) is 0.267. The monoisotopic (exact) mass is 426 g/mol. The highest BCUT2D eigenvalue weighted by Gasteiger charge is 2.39. The third-order valence-electron chi connectivity index (χ3n) is 6.15. The smallest absolute Gasteiger partial charge is 0.324 e. The van der Waals surface area contributed by atoms with E-state index in [1.165, 1.54) is 24.2 Å². The Kier molecular flexibility index (Phi) is 11.9. The Morgan fingerprint density at radius 3 is 1.93 bits per heavy atom. The lowest BCUT2D eigenvalue weighted by atomic mass is 9.82. The predicted octanol–water partition coefficient (Wildman–Crippen LogP) is 4.89. The third-order valence-corrected chi connectivity index (χ3v) is 6.15. The average Bonchev–Trinajstić information content (AvgIpc) is 2.93. The minimum Gasteiger partial charge on any atom is -0.396 e. The van der Waals surface area contributed by atoms with Crippen LogP contribution in [0.25, 0.3) is 0 Å². The van der Waals surface area contributed by atoms with E-state index in [-0.39, 0.29) is 23.4 Å². The number of ether oxygens (including phenoxy) is 1. The number of aliphatic hydroxyl groups excluding tert-OH is 1. The third kappa shape index (κ3) is 10.3. The largest absolute Gasteiger partial charge is 0.396 e. The summed E-state index contributed by atoms with van der Waals surface area (Å²) < 4.78 is 5.80. The van der Waals surface area contributed by atoms with Crippen molar-refractivity contribution in [2.75, 3.05) is 26.4 Å². The fourth-order valence-electron chi connectivity index (χ4n) is 4.07. The fraction of sp³-hybridized carbons (Fsp3) is 0.917. The van der Waals surface area contributed by atoms with Gasteiger partial charge in [-0.15, -0.1) is 0 Å². The lowest BCUT2D eigenvalue weighted by Crippen LogP contribution is -2.39. The number of unbranched alkanes of at least 4 members (excludes halogenated alkanes) is 3. The van der Waals surface area contributed by atoms with Gasteiger partial charge in [-0.2, -0.15) is 0 Å². The first-order valence-electron chi connectivity index (χ1n) is 11.9. The van der Waals surface area contributed by atoms with Crippen molar-refractivity contribution in [1.29, 1.82) is 0 Å². The molecule has 1 atom stereocenters. The molecule has 0 radical (unpaired) electrons. The Bertz CT molecular complexity index is 519. The van der Waals surface area contributed by atoms with E-state index in [9.17, 15) is 9.59 Å². The number of carbonyl (C=O) groups excluding carboxylic acids is 2. The fourth-order valence-corrected chi connectivity index (χ4v) is 4.07. The number of imide groups is 1. The predicted molar refractivity (Wildman–Crippen MR) is 121 cm³/mol. The lowest BCUT2D eigenvalue weighted by molar-refractivity contribution is -0.128. The van der Waals surface area contributed by atoms with Gasteiger partial charge in [-0.25, -0.2) is 4.79 Å². The minimum atomic E-state index is -0.354. The second kappa shape index (κ2) is 13.3. The van der Waals surface area contributed by atoms with Gasteiger partial charge < -0.3 is 15.2 Å². The van der Waals surface area contributed by atoms with E-state index in [0.717, 1.165) is 51.7 Å². The van der Waals surface area contributed by atoms with Gasteiger partial charge in [0, 0.05) is 26.4 Å². The molecule has 0 saturated carbocycles. The van der Waals surface area contributed by atoms with Crippen LogP contribution < -0.4 is 5.32 Å². The van der Waals surface area contributed by atoms with Crippen molar-refractivity contribution in [3.8, 4) is 0 Å². The number of hydrogen-bond acceptors (Lipinski definition) is 4. The van der Waals surface area contributed by atoms with Gasteiger partial charge in [0.15, 0.2) is 0 Å². The highest BCUT2D eigenvalue weighted by molar-refractivity contribution is 6.04. The summed E-state index contributed by atoms with van der Waals surface area (Å²) in [4.78, 5) is 25.7. The molecular formula is C24H46N2O4. The van der Waals surface area contributed by atoms with E-state index < -0.39 is 0 Å². The molecule has 1 aliphatic rings. The Morgan fingerprint density at radius 2 is 1.43 bits per heavy atom. The molecule has 0 aromatic rings. The van der Waals surface area contributed by atoms with Crippen molar-refractivity contribution in [1.82, 2.24) is 10.2 Å². The molecular weight excluding hydrogens is 380 g/mol. The summed E-state index contributed by atoms with van der Waals surface area (Å²) in [5.74, 6) is -0.0875. The van der Waals surface area contributed by atoms with Crippen molar-refractivity contribution < 1.29 is 19.4 Å². The molecule has 176 valence electrons. The first kappa shape index (κ1) is 26.9. The maximum atomic E-state index is 12.3. The topological polar surface area (TPSA) is 78.9 Å². The first-order chi connectivity index (χ1) is 14.1. The van der Waals surface area contributed by atoms with Gasteiger partial charge in [0.2, 0.25) is 0 Å². The molecule has 0 bridgehead atoms. The molecule has 1 rings (SSSR count). The number of carbonyl (C=O) groups is 2. The van der Waals surface area contributed by atoms with Crippen LogP contribution in [0.3, 0.4) is 0 Å². The molecule has 1 unspecified atom stereocenters. The van der Waals surface area contributed by atoms with Crippen molar-refractivity contribution in [2.45, 2.75) is 105 Å². The summed E-state index contributed by atoms with van der Waals surface area (Å²) in [5, 5.41) is 11.7. The second-order valence-corrected chi connectivity index (χ2v) is 10.4. The molecule has 1 heterocycles. The number of nitrogens with zero attached hydrogens (tertiary/aromatic N) is 1. The molecule has 1 fully saturated rings. The highest BCUT2D eigenvalue weighted by Crippen LogP contribution is 2.29. The van der Waals surface area contributed by atoms with Crippen LogP contribution >= 0.6 is 0 Å². The summed E-state index contributed by atoms with van der Waals surface area (Å²) in [6.45, 7) is 13.1. The first-order valence-corrected chi connectivity index (χ1v) is 11.9. The van der Waals surface area contributed by atoms with Crippen LogP contribution in [-0.4, -0.2) is 54.4 Å². The van der Waals surface area contributed by atoms with Crippen LogP contribution in [-0.2, 0) is 9.53 Å². The number of nitrogens with one attached hydrogen (secondary N) is 1. The SMILES string of the molecule is CCC1NC(=O)N(CC(C)(C)CCCCOCCCCC(C)(C)CCCCO)C1=O. The van der Waals surface area contributed by atoms with E-state index in [0.29, 0.717) is 25.0 Å². The van der Waals surface area contributed by atoms with Crippen molar-refractivity contribution in [3.63, 3.8) is 0 Å². The molecule has 2 N–H and O–H groups in total. The zero-order valence-electron chi connectivity index (χ0n) is 20.1. The molecule has 0 aromatic heterocycles. The summed E-state index contributed by atoms with van der Waals surface area (Å²) in [7, 11) is 0. The quantitative estimate of drug-likeness (QED) is 0.256. The van der Waals surface area contributed by atoms with E-state index in [2.05, 4.69) is 33.0 Å². The maximum Gasteiger partial charge on any atom is 0.324 e. The van der Waals surface area contributed by atoms with E-state index in [1.807, 2.05) is 6.92 Å². The van der Waals surface area contributed by atoms with Gasteiger partial charge in [-0.1, -0.05) is 53.9 Å². The van der Waals surface area contributed by atoms with E-state index in [1.54, 1.807) is 0 Å². The molecule has 6 heteroatoms. The van der Waals surface area contributed by atoms with Gasteiger partial charge in [-0.3, -0.25) is 9.69 Å². The molecule has 1 aliphatic heterocycles. The summed E-state index contributed by atoms with van der Waals surface area (Å²) >= 11 is 0. The number of amides is 3. The van der Waals surface area contributed by atoms with E-state index in [4.69, 9.17) is 9.84 Å². The van der Waals surface area contributed by atoms with Gasteiger partial charge >= 0.3 is 6.03 Å². The zero-order valence-corrected chi connectivity index (χ0v) is 20.1. The molecule has 30 heavy (non-hydrogen) atoms. The van der Waals surface area contributed by atoms with Crippen LogP contribution in [0.1, 0.15) is 98.8 Å². The molecule has 3 amide bonds. The van der Waals surface area contributed by atoms with Crippen molar-refractivity contribution in [2.24, 2.45) is 10.8 Å². The standard InChI is InChI=1S/C24H46N2O4/c1-6-20-21(28)26(22(29)25-20)19-24(4,5)15-9-12-18-30-17-11-8-14-23(2,3)13-7-10-16-27/h20,27H,6-19H2,1-5H3,(H,25,29). The zero-order chi connectivity index (χ0) is 22.6. The number of aliphatic hydroxyl groups is 1. The second-order valence-electron chi connectivity index (χ2n) is 10.4. The molecule has 0 spiro atoms. The summed E-state index contributed by atoms with van der Waals surface area (Å²) in [6, 6.07) is -0.604. The normalized spacial score (nSPS) is 17.7. The highest BCUT2D eigenvalue weighted by atomic mass is 16.5. The van der Waals surface area contributed by atoms with Crippen LogP contribution in [0.2, 0.25) is 0 Å². The van der Waals surface area contributed by atoms with Gasteiger partial charge in [0.25, 0.3) is 5.91 Å². The van der Waals surface area contributed by atoms with Crippen LogP contribution in [0.4, 0.5) is 4.79 Å². The maximum absolute atomic E-state index is 12.3. The Hall–Kier alpha value is -1.14.